The van der Waals surface area contributed by atoms with Crippen molar-refractivity contribution in [2.45, 2.75) is 76.4 Å². The van der Waals surface area contributed by atoms with Crippen molar-refractivity contribution in [3.63, 3.8) is 0 Å². The molecule has 33 heavy (non-hydrogen) atoms. The van der Waals surface area contributed by atoms with Crippen LogP contribution in [0.25, 0.3) is 0 Å². The average Bonchev–Trinajstić information content (AvgIpc) is 3.16. The van der Waals surface area contributed by atoms with Crippen LogP contribution in [0.2, 0.25) is 0 Å². The molecule has 1 unspecified atom stereocenters. The molecule has 0 radical (unpaired) electrons. The fourth-order valence-corrected chi connectivity index (χ4v) is 5.48. The summed E-state index contributed by atoms with van der Waals surface area (Å²) in [6.45, 7) is 11.0. The van der Waals surface area contributed by atoms with Gasteiger partial charge in [-0.1, -0.05) is 27.7 Å². The molecule has 6 nitrogen and oxygen atoms in total. The lowest BCUT2D eigenvalue weighted by atomic mass is 9.87. The van der Waals surface area contributed by atoms with Gasteiger partial charge in [0.2, 0.25) is 0 Å². The van der Waals surface area contributed by atoms with E-state index in [9.17, 15) is 22.8 Å². The van der Waals surface area contributed by atoms with E-state index in [0.29, 0.717) is 21.1 Å². The minimum Gasteiger partial charge on any atom is -0.443 e. The second-order valence-corrected chi connectivity index (χ2v) is 12.2. The van der Waals surface area contributed by atoms with E-state index in [-0.39, 0.29) is 10.7 Å². The van der Waals surface area contributed by atoms with Gasteiger partial charge >= 0.3 is 12.2 Å². The first kappa shape index (κ1) is 25.9. The van der Waals surface area contributed by atoms with E-state index < -0.39 is 51.8 Å². The minimum atomic E-state index is -3.19. The van der Waals surface area contributed by atoms with Crippen molar-refractivity contribution in [2.75, 3.05) is 0 Å². The molecule has 1 aromatic rings. The van der Waals surface area contributed by atoms with E-state index in [1.165, 1.54) is 19.1 Å². The normalized spacial score (nSPS) is 26.1. The lowest BCUT2D eigenvalue weighted by molar-refractivity contribution is 0.0151. The second-order valence-electron chi connectivity index (χ2n) is 10.2. The van der Waals surface area contributed by atoms with Gasteiger partial charge in [-0.25, -0.2) is 27.8 Å². The van der Waals surface area contributed by atoms with Crippen LogP contribution in [0.1, 0.15) is 54.0 Å². The number of benzene rings is 1. The zero-order chi connectivity index (χ0) is 25.1. The van der Waals surface area contributed by atoms with Gasteiger partial charge in [-0.05, 0) is 66.7 Å². The second kappa shape index (κ2) is 8.18. The van der Waals surface area contributed by atoms with Crippen LogP contribution in [0.4, 0.5) is 22.8 Å². The number of rotatable bonds is 1. The van der Waals surface area contributed by atoms with Crippen molar-refractivity contribution in [3.05, 3.63) is 34.1 Å². The zero-order valence-corrected chi connectivity index (χ0v) is 21.7. The summed E-state index contributed by atoms with van der Waals surface area (Å²) in [7, 11) is 0. The number of alkyl halides is 2. The monoisotopic (exact) mass is 550 g/mol. The maximum atomic E-state index is 14.8. The lowest BCUT2D eigenvalue weighted by Gasteiger charge is -2.34. The van der Waals surface area contributed by atoms with E-state index in [1.54, 1.807) is 41.5 Å². The van der Waals surface area contributed by atoms with E-state index in [1.807, 2.05) is 0 Å². The molecule has 2 aliphatic rings. The van der Waals surface area contributed by atoms with E-state index in [0.717, 1.165) is 6.07 Å². The van der Waals surface area contributed by atoms with Crippen LogP contribution >= 0.6 is 27.7 Å². The largest absolute Gasteiger partial charge is 0.443 e. The maximum Gasteiger partial charge on any atom is 0.426 e. The Morgan fingerprint density at radius 2 is 1.61 bits per heavy atom. The maximum absolute atomic E-state index is 14.8. The number of thioether (sulfide) groups is 1. The quantitative estimate of drug-likeness (QED) is 0.388. The highest BCUT2D eigenvalue weighted by Crippen LogP contribution is 2.67. The third kappa shape index (κ3) is 5.18. The Morgan fingerprint density at radius 3 is 2.09 bits per heavy atom. The van der Waals surface area contributed by atoms with Crippen LogP contribution in [0.15, 0.2) is 27.7 Å². The molecule has 0 saturated heterocycles. The fraction of sp³-hybridized carbons (Fsp3) is 0.591. The summed E-state index contributed by atoms with van der Waals surface area (Å²) < 4.78 is 55.6. The third-order valence-electron chi connectivity index (χ3n) is 4.97. The summed E-state index contributed by atoms with van der Waals surface area (Å²) in [5, 5.41) is -1.64. The number of ether oxygens (including phenoxy) is 2. The molecule has 1 aromatic carbocycles. The summed E-state index contributed by atoms with van der Waals surface area (Å²) >= 11 is 3.82. The molecular weight excluding hydrogens is 525 g/mol. The van der Waals surface area contributed by atoms with E-state index in [4.69, 9.17) is 9.47 Å². The average molecular weight is 551 g/mol. The van der Waals surface area contributed by atoms with Gasteiger partial charge < -0.3 is 9.47 Å². The predicted octanol–water partition coefficient (Wildman–Crippen LogP) is 6.71. The summed E-state index contributed by atoms with van der Waals surface area (Å²) in [6.07, 6.45) is -2.25. The third-order valence-corrected chi connectivity index (χ3v) is 6.79. The standard InChI is InChI=1S/C22H26BrF3N2O4S/c1-19(2,3)31-17(29)28(18(30)32-20(4,5)6)16-27-21(7,14-15(33-16)22(14,25)26)12-10-11(23)8-9-13(12)24/h8-10,14-15H,1-7H3/t14?,15-,21-/m1/s1. The highest BCUT2D eigenvalue weighted by atomic mass is 79.9. The van der Waals surface area contributed by atoms with Gasteiger partial charge in [0.15, 0.2) is 5.17 Å². The molecule has 3 atom stereocenters. The molecule has 11 heteroatoms. The van der Waals surface area contributed by atoms with Crippen molar-refractivity contribution in [1.29, 1.82) is 0 Å². The van der Waals surface area contributed by atoms with E-state index in [2.05, 4.69) is 20.9 Å². The van der Waals surface area contributed by atoms with Crippen LogP contribution in [-0.4, -0.2) is 44.6 Å². The molecule has 1 heterocycles. The highest BCUT2D eigenvalue weighted by Gasteiger charge is 2.78. The number of amides is 2. The summed E-state index contributed by atoms with van der Waals surface area (Å²) in [4.78, 5) is 30.8. The number of hydrogen-bond donors (Lipinski definition) is 0. The summed E-state index contributed by atoms with van der Waals surface area (Å²) in [6, 6.07) is 3.97. The molecule has 0 spiro atoms. The van der Waals surface area contributed by atoms with Crippen molar-refractivity contribution < 1.29 is 32.2 Å². The van der Waals surface area contributed by atoms with Crippen molar-refractivity contribution in [1.82, 2.24) is 4.90 Å². The van der Waals surface area contributed by atoms with Crippen LogP contribution in [0.3, 0.4) is 0 Å². The molecule has 0 bridgehead atoms. The number of aliphatic imine (C=N–C) groups is 1. The molecule has 1 saturated carbocycles. The van der Waals surface area contributed by atoms with Crippen molar-refractivity contribution in [2.24, 2.45) is 10.9 Å². The van der Waals surface area contributed by atoms with Gasteiger partial charge in [0, 0.05) is 10.0 Å². The molecule has 3 rings (SSSR count). The number of fused-ring (bicyclic) bond motifs is 1. The molecule has 0 N–H and O–H groups in total. The Kier molecular flexibility index (Phi) is 6.41. The molecule has 1 aliphatic heterocycles. The number of amidine groups is 1. The minimum absolute atomic E-state index is 0.0739. The molecule has 2 amide bonds. The van der Waals surface area contributed by atoms with Crippen LogP contribution in [-0.2, 0) is 15.0 Å². The zero-order valence-electron chi connectivity index (χ0n) is 19.3. The molecule has 1 aliphatic carbocycles. The van der Waals surface area contributed by atoms with Gasteiger partial charge in [0.25, 0.3) is 5.92 Å². The molecule has 182 valence electrons. The van der Waals surface area contributed by atoms with Crippen LogP contribution in [0, 0.1) is 11.7 Å². The predicted molar refractivity (Wildman–Crippen MR) is 123 cm³/mol. The fourth-order valence-electron chi connectivity index (χ4n) is 3.58. The topological polar surface area (TPSA) is 68.2 Å². The Morgan fingerprint density at radius 1 is 1.09 bits per heavy atom. The molecule has 1 fully saturated rings. The summed E-state index contributed by atoms with van der Waals surface area (Å²) in [5.41, 5.74) is -3.79. The highest BCUT2D eigenvalue weighted by molar-refractivity contribution is 9.10. The van der Waals surface area contributed by atoms with Gasteiger partial charge in [-0.2, -0.15) is 4.90 Å². The Balaban J connectivity index is 2.14. The van der Waals surface area contributed by atoms with Gasteiger partial charge in [0.1, 0.15) is 17.0 Å². The number of halogens is 4. The molecular formula is C22H26BrF3N2O4S. The van der Waals surface area contributed by atoms with Crippen LogP contribution in [0.5, 0.6) is 0 Å². The van der Waals surface area contributed by atoms with Gasteiger partial charge in [-0.3, -0.25) is 0 Å². The van der Waals surface area contributed by atoms with Crippen molar-refractivity contribution >= 4 is 45.0 Å². The van der Waals surface area contributed by atoms with Gasteiger partial charge in [0.05, 0.1) is 16.7 Å². The van der Waals surface area contributed by atoms with E-state index >= 15 is 0 Å². The van der Waals surface area contributed by atoms with Gasteiger partial charge in [-0.15, -0.1) is 0 Å². The first-order chi connectivity index (χ1) is 14.9. The Labute approximate surface area is 203 Å². The SMILES string of the molecule is CC(C)(C)OC(=O)N(C(=O)OC(C)(C)C)C1=N[C@](C)(c2cc(Br)ccc2F)C2[C@@H](S1)C2(F)F. The first-order valence-corrected chi connectivity index (χ1v) is 11.9. The van der Waals surface area contributed by atoms with Crippen molar-refractivity contribution in [3.8, 4) is 0 Å². The number of carbonyl (C=O) groups excluding carboxylic acids is 2. The molecule has 0 aromatic heterocycles. The number of nitrogens with zero attached hydrogens (tertiary/aromatic N) is 2. The number of carbonyl (C=O) groups is 2. The number of hydrogen-bond acceptors (Lipinski definition) is 6. The number of imide groups is 1. The first-order valence-electron chi connectivity index (χ1n) is 10.2. The smallest absolute Gasteiger partial charge is 0.426 e. The van der Waals surface area contributed by atoms with Crippen LogP contribution < -0.4 is 0 Å². The lowest BCUT2D eigenvalue weighted by Crippen LogP contribution is -2.48. The summed E-state index contributed by atoms with van der Waals surface area (Å²) in [5.74, 6) is -5.23. The Hall–Kier alpha value is -1.75. The Bertz CT molecular complexity index is 994.